The van der Waals surface area contributed by atoms with Crippen LogP contribution in [0.25, 0.3) is 0 Å². The Morgan fingerprint density at radius 2 is 2.00 bits per heavy atom. The number of rotatable bonds is 4. The Bertz CT molecular complexity index is 601. The SMILES string of the molecule is COc1ccc(Sc2nccc(C(=O)O)c2Cl)cc1. The predicted octanol–water partition coefficient (Wildman–Crippen LogP) is 3.59. The van der Waals surface area contributed by atoms with Gasteiger partial charge >= 0.3 is 5.97 Å². The van der Waals surface area contributed by atoms with Gasteiger partial charge in [-0.2, -0.15) is 0 Å². The number of ether oxygens (including phenoxy) is 1. The van der Waals surface area contributed by atoms with Crippen molar-refractivity contribution >= 4 is 29.3 Å². The smallest absolute Gasteiger partial charge is 0.337 e. The van der Waals surface area contributed by atoms with Gasteiger partial charge in [-0.1, -0.05) is 23.4 Å². The molecule has 1 heterocycles. The number of carbonyl (C=O) groups is 1. The van der Waals surface area contributed by atoms with Crippen molar-refractivity contribution in [2.24, 2.45) is 0 Å². The summed E-state index contributed by atoms with van der Waals surface area (Å²) in [7, 11) is 1.59. The maximum atomic E-state index is 11.0. The zero-order chi connectivity index (χ0) is 13.8. The Hall–Kier alpha value is -1.72. The molecule has 0 atom stereocenters. The number of pyridine rings is 1. The Kier molecular flexibility index (Phi) is 4.29. The van der Waals surface area contributed by atoms with E-state index in [9.17, 15) is 4.79 Å². The minimum absolute atomic E-state index is 0.0488. The molecule has 98 valence electrons. The van der Waals surface area contributed by atoms with Crippen molar-refractivity contribution in [3.63, 3.8) is 0 Å². The van der Waals surface area contributed by atoms with Crippen molar-refractivity contribution in [1.29, 1.82) is 0 Å². The predicted molar refractivity (Wildman–Crippen MR) is 73.3 cm³/mol. The Morgan fingerprint density at radius 3 is 2.58 bits per heavy atom. The van der Waals surface area contributed by atoms with E-state index in [2.05, 4.69) is 4.98 Å². The average molecular weight is 296 g/mol. The largest absolute Gasteiger partial charge is 0.497 e. The van der Waals surface area contributed by atoms with Gasteiger partial charge in [0.25, 0.3) is 0 Å². The highest BCUT2D eigenvalue weighted by molar-refractivity contribution is 7.99. The first kappa shape index (κ1) is 13.7. The molecule has 2 rings (SSSR count). The molecule has 0 unspecified atom stereocenters. The Balaban J connectivity index is 2.27. The number of carboxylic acid groups (broad SMARTS) is 1. The minimum atomic E-state index is -1.07. The summed E-state index contributed by atoms with van der Waals surface area (Å²) in [6.07, 6.45) is 1.43. The van der Waals surface area contributed by atoms with Crippen LogP contribution in [0.3, 0.4) is 0 Å². The van der Waals surface area contributed by atoms with Crippen molar-refractivity contribution in [2.75, 3.05) is 7.11 Å². The van der Waals surface area contributed by atoms with E-state index in [0.717, 1.165) is 10.6 Å². The Morgan fingerprint density at radius 1 is 1.32 bits per heavy atom. The number of aromatic carboxylic acids is 1. The van der Waals surface area contributed by atoms with Gasteiger partial charge in [-0.05, 0) is 30.3 Å². The molecule has 0 aliphatic heterocycles. The molecule has 0 aliphatic carbocycles. The zero-order valence-electron chi connectivity index (χ0n) is 9.96. The van der Waals surface area contributed by atoms with Crippen molar-refractivity contribution in [3.8, 4) is 5.75 Å². The standard InChI is InChI=1S/C13H10ClNO3S/c1-18-8-2-4-9(5-3-8)19-12-11(14)10(13(16)17)6-7-15-12/h2-7H,1H3,(H,16,17). The molecule has 0 spiro atoms. The second-order valence-corrected chi connectivity index (χ2v) is 5.00. The first-order valence-electron chi connectivity index (χ1n) is 5.31. The first-order chi connectivity index (χ1) is 9.11. The van der Waals surface area contributed by atoms with Gasteiger partial charge in [-0.3, -0.25) is 0 Å². The number of halogens is 1. The number of hydrogen-bond acceptors (Lipinski definition) is 4. The summed E-state index contributed by atoms with van der Waals surface area (Å²) in [4.78, 5) is 16.0. The van der Waals surface area contributed by atoms with Crippen LogP contribution in [0.5, 0.6) is 5.75 Å². The van der Waals surface area contributed by atoms with Crippen LogP contribution in [0.15, 0.2) is 46.5 Å². The number of hydrogen-bond donors (Lipinski definition) is 1. The van der Waals surface area contributed by atoms with Crippen LogP contribution < -0.4 is 4.74 Å². The first-order valence-corrected chi connectivity index (χ1v) is 6.51. The molecule has 1 aromatic heterocycles. The summed E-state index contributed by atoms with van der Waals surface area (Å²) in [6, 6.07) is 8.72. The molecule has 0 fully saturated rings. The van der Waals surface area contributed by atoms with Gasteiger partial charge in [-0.25, -0.2) is 9.78 Å². The minimum Gasteiger partial charge on any atom is -0.497 e. The molecule has 0 saturated heterocycles. The number of benzene rings is 1. The van der Waals surface area contributed by atoms with E-state index in [1.165, 1.54) is 24.0 Å². The van der Waals surface area contributed by atoms with Crippen LogP contribution in [0, 0.1) is 0 Å². The van der Waals surface area contributed by atoms with Gasteiger partial charge in [0.05, 0.1) is 17.7 Å². The summed E-state index contributed by atoms with van der Waals surface area (Å²) >= 11 is 7.33. The highest BCUT2D eigenvalue weighted by atomic mass is 35.5. The number of nitrogens with zero attached hydrogens (tertiary/aromatic N) is 1. The van der Waals surface area contributed by atoms with E-state index in [0.29, 0.717) is 5.03 Å². The molecule has 0 saturated carbocycles. The van der Waals surface area contributed by atoms with Crippen molar-refractivity contribution in [3.05, 3.63) is 47.1 Å². The van der Waals surface area contributed by atoms with Gasteiger partial charge in [0, 0.05) is 11.1 Å². The number of carboxylic acids is 1. The van der Waals surface area contributed by atoms with Gasteiger partial charge in [0.15, 0.2) is 0 Å². The van der Waals surface area contributed by atoms with E-state index < -0.39 is 5.97 Å². The molecule has 0 radical (unpaired) electrons. The van der Waals surface area contributed by atoms with Crippen molar-refractivity contribution in [1.82, 2.24) is 4.98 Å². The highest BCUT2D eigenvalue weighted by Gasteiger charge is 2.14. The third-order valence-electron chi connectivity index (χ3n) is 2.36. The number of methoxy groups -OCH3 is 1. The highest BCUT2D eigenvalue weighted by Crippen LogP contribution is 2.33. The summed E-state index contributed by atoms with van der Waals surface area (Å²) < 4.78 is 5.07. The molecule has 0 aliphatic rings. The van der Waals surface area contributed by atoms with Crippen LogP contribution in [0.4, 0.5) is 0 Å². The molecular formula is C13H10ClNO3S. The zero-order valence-corrected chi connectivity index (χ0v) is 11.5. The van der Waals surface area contributed by atoms with Crippen molar-refractivity contribution in [2.45, 2.75) is 9.92 Å². The third-order valence-corrected chi connectivity index (χ3v) is 3.87. The van der Waals surface area contributed by atoms with E-state index in [4.69, 9.17) is 21.4 Å². The lowest BCUT2D eigenvalue weighted by Crippen LogP contribution is -1.99. The Labute approximate surface area is 119 Å². The quantitative estimate of drug-likeness (QED) is 0.934. The van der Waals surface area contributed by atoms with Crippen LogP contribution in [-0.4, -0.2) is 23.2 Å². The molecular weight excluding hydrogens is 286 g/mol. The number of aromatic nitrogens is 1. The summed E-state index contributed by atoms with van der Waals surface area (Å²) in [5.41, 5.74) is 0.0488. The normalized spacial score (nSPS) is 10.2. The summed E-state index contributed by atoms with van der Waals surface area (Å²) in [5.74, 6) is -0.313. The van der Waals surface area contributed by atoms with Crippen LogP contribution in [0.1, 0.15) is 10.4 Å². The molecule has 1 N–H and O–H groups in total. The van der Waals surface area contributed by atoms with E-state index in [1.54, 1.807) is 7.11 Å². The molecule has 6 heteroatoms. The lowest BCUT2D eigenvalue weighted by atomic mass is 10.3. The van der Waals surface area contributed by atoms with E-state index in [1.807, 2.05) is 24.3 Å². The molecule has 0 amide bonds. The lowest BCUT2D eigenvalue weighted by molar-refractivity contribution is 0.0696. The van der Waals surface area contributed by atoms with Crippen LogP contribution in [-0.2, 0) is 0 Å². The molecule has 0 bridgehead atoms. The molecule has 4 nitrogen and oxygen atoms in total. The van der Waals surface area contributed by atoms with Gasteiger partial charge in [0.1, 0.15) is 10.8 Å². The van der Waals surface area contributed by atoms with E-state index in [-0.39, 0.29) is 10.6 Å². The molecule has 2 aromatic rings. The van der Waals surface area contributed by atoms with E-state index >= 15 is 0 Å². The summed E-state index contributed by atoms with van der Waals surface area (Å²) in [6.45, 7) is 0. The van der Waals surface area contributed by atoms with Crippen molar-refractivity contribution < 1.29 is 14.6 Å². The second-order valence-electron chi connectivity index (χ2n) is 3.56. The average Bonchev–Trinajstić information content (AvgIpc) is 2.41. The van der Waals surface area contributed by atoms with Crippen LogP contribution >= 0.6 is 23.4 Å². The van der Waals surface area contributed by atoms with Gasteiger partial charge in [-0.15, -0.1) is 0 Å². The second kappa shape index (κ2) is 5.95. The lowest BCUT2D eigenvalue weighted by Gasteiger charge is -2.06. The fourth-order valence-corrected chi connectivity index (χ4v) is 2.53. The monoisotopic (exact) mass is 295 g/mol. The third kappa shape index (κ3) is 3.19. The van der Waals surface area contributed by atoms with Gasteiger partial charge in [0.2, 0.25) is 0 Å². The topological polar surface area (TPSA) is 59.4 Å². The fraction of sp³-hybridized carbons (Fsp3) is 0.0769. The maximum Gasteiger partial charge on any atom is 0.337 e. The maximum absolute atomic E-state index is 11.0. The fourth-order valence-electron chi connectivity index (χ4n) is 1.42. The molecule has 19 heavy (non-hydrogen) atoms. The molecule has 1 aromatic carbocycles. The van der Waals surface area contributed by atoms with Gasteiger partial charge < -0.3 is 9.84 Å². The summed E-state index contributed by atoms with van der Waals surface area (Å²) in [5, 5.41) is 9.60. The van der Waals surface area contributed by atoms with Crippen LogP contribution in [0.2, 0.25) is 5.02 Å².